The van der Waals surface area contributed by atoms with Crippen molar-refractivity contribution in [1.82, 2.24) is 4.90 Å². The number of hydrogen-bond acceptors (Lipinski definition) is 5. The van der Waals surface area contributed by atoms with Gasteiger partial charge in [-0.3, -0.25) is 9.59 Å². The van der Waals surface area contributed by atoms with Crippen molar-refractivity contribution in [2.24, 2.45) is 11.8 Å². The smallest absolute Gasteiger partial charge is 0.326 e. The van der Waals surface area contributed by atoms with Gasteiger partial charge in [0.1, 0.15) is 12.1 Å². The van der Waals surface area contributed by atoms with Gasteiger partial charge in [0, 0.05) is 25.3 Å². The maximum absolute atomic E-state index is 12.5. The number of carbonyl (C=O) groups is 2. The van der Waals surface area contributed by atoms with Crippen LogP contribution in [-0.4, -0.2) is 56.9 Å². The van der Waals surface area contributed by atoms with E-state index < -0.39 is 22.8 Å². The van der Waals surface area contributed by atoms with E-state index >= 15 is 0 Å². The van der Waals surface area contributed by atoms with Crippen molar-refractivity contribution in [2.75, 3.05) is 13.1 Å². The van der Waals surface area contributed by atoms with Crippen molar-refractivity contribution in [3.63, 3.8) is 0 Å². The maximum Gasteiger partial charge on any atom is 0.326 e. The van der Waals surface area contributed by atoms with Gasteiger partial charge in [0.05, 0.1) is 11.2 Å². The second-order valence-electron chi connectivity index (χ2n) is 7.98. The molecule has 1 amide bonds. The van der Waals surface area contributed by atoms with Gasteiger partial charge in [0.15, 0.2) is 0 Å². The maximum atomic E-state index is 12.5. The first-order valence-electron chi connectivity index (χ1n) is 8.73. The summed E-state index contributed by atoms with van der Waals surface area (Å²) in [7, 11) is 0. The Labute approximate surface area is 142 Å². The fourth-order valence-electron chi connectivity index (χ4n) is 5.43. The minimum atomic E-state index is -0.976. The topological polar surface area (TPSA) is 87.1 Å². The van der Waals surface area contributed by atoms with E-state index in [9.17, 15) is 19.8 Å². The fraction of sp³-hybridized carbons (Fsp3) is 0.778. The van der Waals surface area contributed by atoms with Crippen LogP contribution in [0.25, 0.3) is 0 Å². The lowest BCUT2D eigenvalue weighted by molar-refractivity contribution is -0.290. The predicted octanol–water partition coefficient (Wildman–Crippen LogP) is 1.01. The van der Waals surface area contributed by atoms with E-state index in [1.54, 1.807) is 6.92 Å². The normalized spacial score (nSPS) is 42.7. The lowest BCUT2D eigenvalue weighted by atomic mass is 9.46. The molecular formula is C18H27NO5. The summed E-state index contributed by atoms with van der Waals surface area (Å²) < 4.78 is 5.83. The van der Waals surface area contributed by atoms with Crippen LogP contribution < -0.4 is 0 Å². The molecule has 6 nitrogen and oxygen atoms in total. The molecule has 2 N–H and O–H groups in total. The molecule has 4 aliphatic rings. The van der Waals surface area contributed by atoms with E-state index in [2.05, 4.69) is 6.58 Å². The molecule has 0 aromatic heterocycles. The highest BCUT2D eigenvalue weighted by molar-refractivity contribution is 5.89. The van der Waals surface area contributed by atoms with Gasteiger partial charge in [0.25, 0.3) is 0 Å². The van der Waals surface area contributed by atoms with Crippen LogP contribution >= 0.6 is 0 Å². The largest absolute Gasteiger partial charge is 0.457 e. The monoisotopic (exact) mass is 337 g/mol. The van der Waals surface area contributed by atoms with E-state index in [1.807, 2.05) is 6.92 Å². The van der Waals surface area contributed by atoms with Gasteiger partial charge in [-0.05, 0) is 38.2 Å². The zero-order valence-corrected chi connectivity index (χ0v) is 14.5. The molecule has 4 aliphatic carbocycles. The second kappa shape index (κ2) is 5.56. The van der Waals surface area contributed by atoms with Gasteiger partial charge in [-0.25, -0.2) is 0 Å². The highest BCUT2D eigenvalue weighted by Crippen LogP contribution is 2.63. The third kappa shape index (κ3) is 2.65. The highest BCUT2D eigenvalue weighted by atomic mass is 16.6. The summed E-state index contributed by atoms with van der Waals surface area (Å²) in [5.41, 5.74) is -2.77. The van der Waals surface area contributed by atoms with Crippen LogP contribution in [0, 0.1) is 11.8 Å². The van der Waals surface area contributed by atoms with Gasteiger partial charge < -0.3 is 19.8 Å². The van der Waals surface area contributed by atoms with Crippen molar-refractivity contribution in [3.8, 4) is 0 Å². The number of esters is 1. The number of aliphatic hydroxyl groups is 2. The van der Waals surface area contributed by atoms with Gasteiger partial charge in [-0.2, -0.15) is 0 Å². The first-order chi connectivity index (χ1) is 11.2. The zero-order chi connectivity index (χ0) is 17.8. The summed E-state index contributed by atoms with van der Waals surface area (Å²) in [6.45, 7) is 7.37. The van der Waals surface area contributed by atoms with Crippen molar-refractivity contribution in [2.45, 2.75) is 62.8 Å². The second-order valence-corrected chi connectivity index (χ2v) is 7.98. The van der Waals surface area contributed by atoms with E-state index in [0.29, 0.717) is 38.6 Å². The third-order valence-corrected chi connectivity index (χ3v) is 6.31. The molecule has 6 heteroatoms. The number of likely N-dealkylation sites (N-methyl/N-ethyl adjacent to an activating group) is 1. The number of carbonyl (C=O) groups excluding carboxylic acids is 2. The lowest BCUT2D eigenvalue weighted by Gasteiger charge is -2.65. The summed E-state index contributed by atoms with van der Waals surface area (Å²) in [6, 6.07) is 0. The third-order valence-electron chi connectivity index (χ3n) is 6.31. The molecule has 0 aromatic rings. The van der Waals surface area contributed by atoms with Crippen molar-refractivity contribution >= 4 is 11.9 Å². The molecule has 4 fully saturated rings. The number of ether oxygens (including phenoxy) is 1. The highest BCUT2D eigenvalue weighted by Gasteiger charge is 2.68. The first kappa shape index (κ1) is 17.4. The minimum absolute atomic E-state index is 0.142. The average molecular weight is 337 g/mol. The minimum Gasteiger partial charge on any atom is -0.457 e. The van der Waals surface area contributed by atoms with E-state index in [4.69, 9.17) is 4.74 Å². The molecule has 0 saturated heterocycles. The molecule has 24 heavy (non-hydrogen) atoms. The molecule has 5 atom stereocenters. The van der Waals surface area contributed by atoms with Crippen LogP contribution in [0.3, 0.4) is 0 Å². The molecule has 5 unspecified atom stereocenters. The van der Waals surface area contributed by atoms with Crippen molar-refractivity contribution in [3.05, 3.63) is 12.7 Å². The zero-order valence-electron chi connectivity index (χ0n) is 14.5. The van der Waals surface area contributed by atoms with Crippen LogP contribution in [0.1, 0.15) is 46.0 Å². The van der Waals surface area contributed by atoms with E-state index in [0.717, 1.165) is 0 Å². The van der Waals surface area contributed by atoms with Gasteiger partial charge in [-0.1, -0.05) is 13.5 Å². The van der Waals surface area contributed by atoms with Crippen LogP contribution in [0.2, 0.25) is 0 Å². The molecule has 0 heterocycles. The van der Waals surface area contributed by atoms with Crippen LogP contribution in [-0.2, 0) is 14.3 Å². The number of hydrogen-bond donors (Lipinski definition) is 2. The first-order valence-corrected chi connectivity index (χ1v) is 8.73. The molecule has 134 valence electrons. The summed E-state index contributed by atoms with van der Waals surface area (Å²) in [5.74, 6) is -0.863. The summed E-state index contributed by atoms with van der Waals surface area (Å²) in [5, 5.41) is 21.7. The summed E-state index contributed by atoms with van der Waals surface area (Å²) in [4.78, 5) is 25.6. The number of nitrogens with zero attached hydrogens (tertiary/aromatic N) is 1. The molecular weight excluding hydrogens is 310 g/mol. The molecule has 4 bridgehead atoms. The Bertz CT molecular complexity index is 578. The van der Waals surface area contributed by atoms with Crippen molar-refractivity contribution in [1.29, 1.82) is 0 Å². The Morgan fingerprint density at radius 1 is 1.29 bits per heavy atom. The van der Waals surface area contributed by atoms with Gasteiger partial charge in [-0.15, -0.1) is 0 Å². The number of amides is 1. The molecule has 0 aromatic carbocycles. The Balaban J connectivity index is 1.77. The summed E-state index contributed by atoms with van der Waals surface area (Å²) >= 11 is 0. The van der Waals surface area contributed by atoms with Gasteiger partial charge in [0.2, 0.25) is 5.91 Å². The standard InChI is InChI=1S/C18H27NO5/c1-4-14(20)19(5-2)9-15(21)24-18-8-13-6-16(22,11-18)10-17(23,7-13)12(18)3/h4,12-13,22-23H,1,5-11H2,2-3H3. The van der Waals surface area contributed by atoms with Crippen LogP contribution in [0.15, 0.2) is 12.7 Å². The molecule has 4 rings (SSSR count). The summed E-state index contributed by atoms with van der Waals surface area (Å²) in [6.07, 6.45) is 3.89. The Morgan fingerprint density at radius 2 is 2.00 bits per heavy atom. The molecule has 0 radical (unpaired) electrons. The quantitative estimate of drug-likeness (QED) is 0.577. The van der Waals surface area contributed by atoms with Crippen LogP contribution in [0.4, 0.5) is 0 Å². The molecule has 0 spiro atoms. The molecule has 4 saturated carbocycles. The molecule has 0 aliphatic heterocycles. The number of rotatable bonds is 5. The fourth-order valence-corrected chi connectivity index (χ4v) is 5.43. The lowest BCUT2D eigenvalue weighted by Crippen LogP contribution is -2.71. The Hall–Kier alpha value is -1.40. The Kier molecular flexibility index (Phi) is 4.04. The van der Waals surface area contributed by atoms with Crippen molar-refractivity contribution < 1.29 is 24.5 Å². The van der Waals surface area contributed by atoms with Gasteiger partial charge >= 0.3 is 5.97 Å². The average Bonchev–Trinajstić information content (AvgIpc) is 2.47. The predicted molar refractivity (Wildman–Crippen MR) is 86.9 cm³/mol. The van der Waals surface area contributed by atoms with E-state index in [-0.39, 0.29) is 24.3 Å². The SMILES string of the molecule is C=CC(=O)N(CC)CC(=O)OC12CC3CC(O)(CC(O)(C3)C1C)C2. The van der Waals surface area contributed by atoms with Crippen LogP contribution in [0.5, 0.6) is 0 Å². The van der Waals surface area contributed by atoms with E-state index in [1.165, 1.54) is 11.0 Å². The Morgan fingerprint density at radius 3 is 2.58 bits per heavy atom.